The first-order valence-corrected chi connectivity index (χ1v) is 5.91. The Bertz CT molecular complexity index is 714. The van der Waals surface area contributed by atoms with Crippen molar-refractivity contribution in [3.63, 3.8) is 0 Å². The highest BCUT2D eigenvalue weighted by molar-refractivity contribution is 5.94. The predicted octanol–water partition coefficient (Wildman–Crippen LogP) is 1.48. The monoisotopic (exact) mass is 255 g/mol. The van der Waals surface area contributed by atoms with Crippen LogP contribution in [0, 0.1) is 0 Å². The molecule has 0 aliphatic carbocycles. The van der Waals surface area contributed by atoms with E-state index in [-0.39, 0.29) is 12.3 Å². The lowest BCUT2D eigenvalue weighted by atomic mass is 10.2. The number of rotatable bonds is 3. The molecule has 0 aliphatic heterocycles. The van der Waals surface area contributed by atoms with Gasteiger partial charge in [0.25, 0.3) is 0 Å². The smallest absolute Gasteiger partial charge is 0.230 e. The maximum Gasteiger partial charge on any atom is 0.230 e. The summed E-state index contributed by atoms with van der Waals surface area (Å²) in [4.78, 5) is 16.1. The number of benzene rings is 1. The number of fused-ring (bicyclic) bond motifs is 1. The fourth-order valence-corrected chi connectivity index (χ4v) is 1.98. The Hall–Kier alpha value is -2.63. The Morgan fingerprint density at radius 1 is 1.42 bits per heavy atom. The number of H-pyrrole nitrogens is 1. The number of carbonyl (C=O) groups is 1. The largest absolute Gasteiger partial charge is 0.334 e. The lowest BCUT2D eigenvalue weighted by Crippen LogP contribution is -2.14. The number of imidazole rings is 1. The van der Waals surface area contributed by atoms with E-state index < -0.39 is 0 Å². The molecule has 0 saturated carbocycles. The van der Waals surface area contributed by atoms with Gasteiger partial charge in [-0.05, 0) is 24.3 Å². The molecule has 0 unspecified atom stereocenters. The van der Waals surface area contributed by atoms with Crippen LogP contribution in [0.3, 0.4) is 0 Å². The third-order valence-electron chi connectivity index (χ3n) is 2.92. The van der Waals surface area contributed by atoms with Crippen molar-refractivity contribution in [3.05, 3.63) is 42.5 Å². The number of nitrogens with zero attached hydrogens (tertiary/aromatic N) is 3. The second-order valence-corrected chi connectivity index (χ2v) is 4.37. The number of aromatic amines is 1. The van der Waals surface area contributed by atoms with Gasteiger partial charge in [0.1, 0.15) is 0 Å². The van der Waals surface area contributed by atoms with Crippen molar-refractivity contribution in [1.29, 1.82) is 0 Å². The molecule has 3 rings (SSSR count). The molecule has 2 N–H and O–H groups in total. The van der Waals surface area contributed by atoms with Gasteiger partial charge in [-0.3, -0.25) is 9.89 Å². The quantitative estimate of drug-likeness (QED) is 0.744. The molecular weight excluding hydrogens is 242 g/mol. The molecule has 1 amide bonds. The number of carbonyl (C=O) groups excluding carboxylic acids is 1. The minimum Gasteiger partial charge on any atom is -0.334 e. The lowest BCUT2D eigenvalue weighted by Gasteiger charge is -2.04. The van der Waals surface area contributed by atoms with Gasteiger partial charge in [0, 0.05) is 24.6 Å². The van der Waals surface area contributed by atoms with E-state index in [1.54, 1.807) is 18.6 Å². The minimum atomic E-state index is -0.0838. The fraction of sp³-hybridized carbons (Fsp3) is 0.154. The molecule has 0 aliphatic rings. The zero-order valence-electron chi connectivity index (χ0n) is 10.4. The van der Waals surface area contributed by atoms with Crippen LogP contribution in [0.1, 0.15) is 5.69 Å². The van der Waals surface area contributed by atoms with Crippen molar-refractivity contribution in [2.45, 2.75) is 6.42 Å². The van der Waals surface area contributed by atoms with Crippen molar-refractivity contribution in [1.82, 2.24) is 19.7 Å². The summed E-state index contributed by atoms with van der Waals surface area (Å²) in [5, 5.41) is 9.41. The van der Waals surface area contributed by atoms with Gasteiger partial charge >= 0.3 is 0 Å². The number of nitrogens with one attached hydrogen (secondary N) is 2. The highest BCUT2D eigenvalue weighted by Crippen LogP contribution is 2.17. The van der Waals surface area contributed by atoms with E-state index in [1.165, 1.54) is 0 Å². The molecule has 19 heavy (non-hydrogen) atoms. The van der Waals surface area contributed by atoms with Crippen LogP contribution in [0.15, 0.2) is 36.8 Å². The number of aromatic nitrogens is 4. The number of hydrogen-bond acceptors (Lipinski definition) is 3. The zero-order chi connectivity index (χ0) is 13.2. The van der Waals surface area contributed by atoms with Gasteiger partial charge in [-0.25, -0.2) is 4.98 Å². The number of aryl methyl sites for hydroxylation is 1. The van der Waals surface area contributed by atoms with E-state index >= 15 is 0 Å². The van der Waals surface area contributed by atoms with E-state index in [0.717, 1.165) is 22.4 Å². The van der Waals surface area contributed by atoms with Crippen LogP contribution in [0.25, 0.3) is 11.0 Å². The van der Waals surface area contributed by atoms with Gasteiger partial charge in [-0.1, -0.05) is 0 Å². The topological polar surface area (TPSA) is 75.6 Å². The third kappa shape index (κ3) is 2.33. The number of amides is 1. The van der Waals surface area contributed by atoms with E-state index in [4.69, 9.17) is 0 Å². The second kappa shape index (κ2) is 4.56. The normalized spacial score (nSPS) is 10.8. The van der Waals surface area contributed by atoms with Crippen molar-refractivity contribution >= 4 is 22.6 Å². The molecule has 0 fully saturated rings. The Balaban J connectivity index is 1.75. The van der Waals surface area contributed by atoms with Crippen LogP contribution in [0.5, 0.6) is 0 Å². The van der Waals surface area contributed by atoms with Crippen molar-refractivity contribution in [3.8, 4) is 0 Å². The van der Waals surface area contributed by atoms with Crippen LogP contribution >= 0.6 is 0 Å². The van der Waals surface area contributed by atoms with Gasteiger partial charge < -0.3 is 9.88 Å². The molecule has 2 heterocycles. The van der Waals surface area contributed by atoms with E-state index in [2.05, 4.69) is 20.5 Å². The molecule has 6 nitrogen and oxygen atoms in total. The molecule has 0 spiro atoms. The van der Waals surface area contributed by atoms with Crippen molar-refractivity contribution in [2.24, 2.45) is 7.05 Å². The van der Waals surface area contributed by atoms with Crippen molar-refractivity contribution < 1.29 is 4.79 Å². The third-order valence-corrected chi connectivity index (χ3v) is 2.92. The molecule has 96 valence electrons. The van der Waals surface area contributed by atoms with E-state index in [9.17, 15) is 4.79 Å². The lowest BCUT2D eigenvalue weighted by molar-refractivity contribution is -0.115. The van der Waals surface area contributed by atoms with Gasteiger partial charge in [0.05, 0.1) is 23.8 Å². The summed E-state index contributed by atoms with van der Waals surface area (Å²) in [7, 11) is 1.94. The first-order valence-electron chi connectivity index (χ1n) is 5.91. The molecule has 0 saturated heterocycles. The Labute approximate surface area is 109 Å². The fourth-order valence-electron chi connectivity index (χ4n) is 1.98. The first-order chi connectivity index (χ1) is 9.22. The van der Waals surface area contributed by atoms with Crippen LogP contribution in [0.2, 0.25) is 0 Å². The minimum absolute atomic E-state index is 0.0838. The summed E-state index contributed by atoms with van der Waals surface area (Å²) in [6.07, 6.45) is 3.66. The van der Waals surface area contributed by atoms with Gasteiger partial charge in [0.15, 0.2) is 0 Å². The van der Waals surface area contributed by atoms with Gasteiger partial charge in [-0.2, -0.15) is 5.10 Å². The summed E-state index contributed by atoms with van der Waals surface area (Å²) in [6, 6.07) is 7.45. The summed E-state index contributed by atoms with van der Waals surface area (Å²) in [5.74, 6) is -0.0838. The SMILES string of the molecule is Cn1cnc2cc(NC(=O)Cc3ccn[nH]3)ccc21. The van der Waals surface area contributed by atoms with Crippen LogP contribution in [-0.2, 0) is 18.3 Å². The molecule has 1 aromatic carbocycles. The van der Waals surface area contributed by atoms with Crippen LogP contribution in [0.4, 0.5) is 5.69 Å². The number of anilines is 1. The summed E-state index contributed by atoms with van der Waals surface area (Å²) < 4.78 is 1.94. The summed E-state index contributed by atoms with van der Waals surface area (Å²) in [5.41, 5.74) is 3.43. The maximum atomic E-state index is 11.8. The Morgan fingerprint density at radius 2 is 2.32 bits per heavy atom. The van der Waals surface area contributed by atoms with Crippen LogP contribution in [-0.4, -0.2) is 25.7 Å². The Kier molecular flexibility index (Phi) is 2.75. The highest BCUT2D eigenvalue weighted by Gasteiger charge is 2.06. The molecule has 0 radical (unpaired) electrons. The number of hydrogen-bond donors (Lipinski definition) is 2. The molecule has 0 atom stereocenters. The van der Waals surface area contributed by atoms with E-state index in [1.807, 2.05) is 29.8 Å². The predicted molar refractivity (Wildman–Crippen MR) is 71.6 cm³/mol. The zero-order valence-corrected chi connectivity index (χ0v) is 10.4. The summed E-state index contributed by atoms with van der Waals surface area (Å²) in [6.45, 7) is 0. The first kappa shape index (κ1) is 11.5. The molecule has 6 heteroatoms. The molecule has 2 aromatic heterocycles. The maximum absolute atomic E-state index is 11.8. The van der Waals surface area contributed by atoms with Gasteiger partial charge in [-0.15, -0.1) is 0 Å². The standard InChI is InChI=1S/C13H13N5O/c1-18-8-14-11-6-9(2-3-12(11)18)16-13(19)7-10-4-5-15-17-10/h2-6,8H,7H2,1H3,(H,15,17)(H,16,19). The average Bonchev–Trinajstić information content (AvgIpc) is 3.00. The van der Waals surface area contributed by atoms with Crippen LogP contribution < -0.4 is 5.32 Å². The molecule has 0 bridgehead atoms. The summed E-state index contributed by atoms with van der Waals surface area (Å²) >= 11 is 0. The average molecular weight is 255 g/mol. The molecular formula is C13H13N5O. The second-order valence-electron chi connectivity index (χ2n) is 4.37. The molecule has 3 aromatic rings. The van der Waals surface area contributed by atoms with E-state index in [0.29, 0.717) is 0 Å². The van der Waals surface area contributed by atoms with Gasteiger partial charge in [0.2, 0.25) is 5.91 Å². The highest BCUT2D eigenvalue weighted by atomic mass is 16.1. The van der Waals surface area contributed by atoms with Crippen molar-refractivity contribution in [2.75, 3.05) is 5.32 Å². The Morgan fingerprint density at radius 3 is 3.11 bits per heavy atom.